The smallest absolute Gasteiger partial charge is 0.258 e. The zero-order valence-corrected chi connectivity index (χ0v) is 12.9. The quantitative estimate of drug-likeness (QED) is 0.777. The first kappa shape index (κ1) is 13.9. The van der Waals surface area contributed by atoms with Crippen molar-refractivity contribution in [2.45, 2.75) is 0 Å². The van der Waals surface area contributed by atoms with Gasteiger partial charge in [0.15, 0.2) is 0 Å². The van der Waals surface area contributed by atoms with Crippen LogP contribution in [0.4, 0.5) is 5.69 Å². The summed E-state index contributed by atoms with van der Waals surface area (Å²) in [5, 5.41) is 0. The van der Waals surface area contributed by atoms with Crippen LogP contribution in [0.1, 0.15) is 10.4 Å². The van der Waals surface area contributed by atoms with Gasteiger partial charge in [-0.1, -0.05) is 12.1 Å². The third kappa shape index (κ3) is 3.07. The van der Waals surface area contributed by atoms with Crippen molar-refractivity contribution >= 4 is 34.2 Å². The SMILES string of the molecule is COc1ccc(C(=O)N(C)c2ccccc2I)cc1. The second-order valence-corrected chi connectivity index (χ2v) is 5.21. The Morgan fingerprint density at radius 2 is 1.74 bits per heavy atom. The maximum Gasteiger partial charge on any atom is 0.258 e. The van der Waals surface area contributed by atoms with Crippen LogP contribution in [0.15, 0.2) is 48.5 Å². The number of carbonyl (C=O) groups excluding carboxylic acids is 1. The number of rotatable bonds is 3. The highest BCUT2D eigenvalue weighted by molar-refractivity contribution is 14.1. The first-order valence-electron chi connectivity index (χ1n) is 5.80. The summed E-state index contributed by atoms with van der Waals surface area (Å²) in [7, 11) is 3.39. The highest BCUT2D eigenvalue weighted by Crippen LogP contribution is 2.23. The van der Waals surface area contributed by atoms with E-state index in [2.05, 4.69) is 22.6 Å². The molecule has 0 atom stereocenters. The van der Waals surface area contributed by atoms with Crippen molar-refractivity contribution in [2.75, 3.05) is 19.1 Å². The molecule has 1 amide bonds. The molecule has 0 spiro atoms. The van der Waals surface area contributed by atoms with Crippen LogP contribution in [0.3, 0.4) is 0 Å². The fraction of sp³-hybridized carbons (Fsp3) is 0.133. The molecule has 0 bridgehead atoms. The molecule has 98 valence electrons. The maximum atomic E-state index is 12.4. The van der Waals surface area contributed by atoms with E-state index in [0.717, 1.165) is 15.0 Å². The van der Waals surface area contributed by atoms with Crippen LogP contribution < -0.4 is 9.64 Å². The maximum absolute atomic E-state index is 12.4. The van der Waals surface area contributed by atoms with Crippen molar-refractivity contribution < 1.29 is 9.53 Å². The van der Waals surface area contributed by atoms with E-state index in [1.54, 1.807) is 43.3 Å². The fourth-order valence-corrected chi connectivity index (χ4v) is 2.51. The minimum absolute atomic E-state index is 0.0354. The van der Waals surface area contributed by atoms with Crippen LogP contribution >= 0.6 is 22.6 Å². The molecule has 0 saturated carbocycles. The van der Waals surface area contributed by atoms with Crippen LogP contribution in [0, 0.1) is 3.57 Å². The van der Waals surface area contributed by atoms with Gasteiger partial charge in [0, 0.05) is 16.2 Å². The largest absolute Gasteiger partial charge is 0.497 e. The van der Waals surface area contributed by atoms with E-state index in [1.165, 1.54) is 0 Å². The molecule has 4 heteroatoms. The van der Waals surface area contributed by atoms with Crippen molar-refractivity contribution in [3.8, 4) is 5.75 Å². The number of hydrogen-bond donors (Lipinski definition) is 0. The molecule has 2 aromatic carbocycles. The summed E-state index contributed by atoms with van der Waals surface area (Å²) in [5.41, 5.74) is 1.55. The predicted octanol–water partition coefficient (Wildman–Crippen LogP) is 3.58. The topological polar surface area (TPSA) is 29.5 Å². The lowest BCUT2D eigenvalue weighted by atomic mass is 10.2. The number of para-hydroxylation sites is 1. The van der Waals surface area contributed by atoms with Crippen molar-refractivity contribution in [3.05, 3.63) is 57.7 Å². The zero-order valence-electron chi connectivity index (χ0n) is 10.8. The molecular weight excluding hydrogens is 353 g/mol. The van der Waals surface area contributed by atoms with Crippen LogP contribution in [0.25, 0.3) is 0 Å². The van der Waals surface area contributed by atoms with Crippen molar-refractivity contribution in [1.82, 2.24) is 0 Å². The highest BCUT2D eigenvalue weighted by Gasteiger charge is 2.15. The first-order chi connectivity index (χ1) is 9.13. The predicted molar refractivity (Wildman–Crippen MR) is 84.9 cm³/mol. The van der Waals surface area contributed by atoms with E-state index >= 15 is 0 Å². The summed E-state index contributed by atoms with van der Waals surface area (Å²) >= 11 is 2.23. The van der Waals surface area contributed by atoms with E-state index in [0.29, 0.717) is 5.56 Å². The highest BCUT2D eigenvalue weighted by atomic mass is 127. The molecule has 2 aromatic rings. The molecule has 0 aromatic heterocycles. The van der Waals surface area contributed by atoms with Gasteiger partial charge in [-0.2, -0.15) is 0 Å². The number of amides is 1. The Bertz CT molecular complexity index is 581. The molecule has 0 aliphatic rings. The van der Waals surface area contributed by atoms with E-state index in [-0.39, 0.29) is 5.91 Å². The van der Waals surface area contributed by atoms with Gasteiger partial charge >= 0.3 is 0 Å². The Kier molecular flexibility index (Phi) is 4.42. The molecule has 0 saturated heterocycles. The third-order valence-corrected chi connectivity index (χ3v) is 3.77. The average Bonchev–Trinajstić information content (AvgIpc) is 2.46. The standard InChI is InChI=1S/C15H14INO2/c1-17(14-6-4-3-5-13(14)16)15(18)11-7-9-12(19-2)10-8-11/h3-10H,1-2H3. The Morgan fingerprint density at radius 3 is 2.32 bits per heavy atom. The Morgan fingerprint density at radius 1 is 1.11 bits per heavy atom. The molecule has 2 rings (SSSR count). The number of hydrogen-bond acceptors (Lipinski definition) is 2. The second-order valence-electron chi connectivity index (χ2n) is 4.04. The van der Waals surface area contributed by atoms with Gasteiger partial charge in [-0.05, 0) is 59.0 Å². The number of methoxy groups -OCH3 is 1. The lowest BCUT2D eigenvalue weighted by Crippen LogP contribution is -2.26. The Hall–Kier alpha value is -1.56. The van der Waals surface area contributed by atoms with Gasteiger partial charge in [0.05, 0.1) is 12.8 Å². The first-order valence-corrected chi connectivity index (χ1v) is 6.88. The molecule has 0 radical (unpaired) electrons. The Labute approximate surface area is 126 Å². The van der Waals surface area contributed by atoms with E-state index in [9.17, 15) is 4.79 Å². The molecule has 3 nitrogen and oxygen atoms in total. The average molecular weight is 367 g/mol. The van der Waals surface area contributed by atoms with E-state index in [4.69, 9.17) is 4.74 Å². The lowest BCUT2D eigenvalue weighted by Gasteiger charge is -2.19. The number of anilines is 1. The summed E-state index contributed by atoms with van der Waals surface area (Å²) < 4.78 is 6.13. The molecule has 0 aliphatic heterocycles. The van der Waals surface area contributed by atoms with Crippen LogP contribution in [-0.2, 0) is 0 Å². The van der Waals surface area contributed by atoms with Gasteiger partial charge in [0.1, 0.15) is 5.75 Å². The second kappa shape index (κ2) is 6.06. The number of benzene rings is 2. The van der Waals surface area contributed by atoms with E-state index < -0.39 is 0 Å². The van der Waals surface area contributed by atoms with Crippen LogP contribution in [0.5, 0.6) is 5.75 Å². The van der Waals surface area contributed by atoms with Crippen molar-refractivity contribution in [3.63, 3.8) is 0 Å². The molecule has 0 unspecified atom stereocenters. The zero-order chi connectivity index (χ0) is 13.8. The van der Waals surface area contributed by atoms with Gasteiger partial charge in [0.25, 0.3) is 5.91 Å². The lowest BCUT2D eigenvalue weighted by molar-refractivity contribution is 0.0993. The minimum Gasteiger partial charge on any atom is -0.497 e. The fourth-order valence-electron chi connectivity index (χ4n) is 1.76. The van der Waals surface area contributed by atoms with Gasteiger partial charge in [0.2, 0.25) is 0 Å². The molecule has 19 heavy (non-hydrogen) atoms. The van der Waals surface area contributed by atoms with E-state index in [1.807, 2.05) is 24.3 Å². The normalized spacial score (nSPS) is 10.1. The van der Waals surface area contributed by atoms with Crippen molar-refractivity contribution in [1.29, 1.82) is 0 Å². The molecule has 0 fully saturated rings. The Balaban J connectivity index is 2.26. The minimum atomic E-state index is -0.0354. The summed E-state index contributed by atoms with van der Waals surface area (Å²) in [5.74, 6) is 0.709. The number of nitrogens with zero attached hydrogens (tertiary/aromatic N) is 1. The number of carbonyl (C=O) groups is 1. The third-order valence-electron chi connectivity index (χ3n) is 2.86. The van der Waals surface area contributed by atoms with Crippen LogP contribution in [0.2, 0.25) is 0 Å². The number of ether oxygens (including phenoxy) is 1. The molecular formula is C15H14INO2. The van der Waals surface area contributed by atoms with Crippen molar-refractivity contribution in [2.24, 2.45) is 0 Å². The summed E-state index contributed by atoms with van der Waals surface area (Å²) in [4.78, 5) is 14.0. The van der Waals surface area contributed by atoms with Gasteiger partial charge < -0.3 is 9.64 Å². The molecule has 0 aliphatic carbocycles. The van der Waals surface area contributed by atoms with Crippen LogP contribution in [-0.4, -0.2) is 20.1 Å². The summed E-state index contributed by atoms with van der Waals surface area (Å²) in [6, 6.07) is 14.9. The summed E-state index contributed by atoms with van der Waals surface area (Å²) in [6.45, 7) is 0. The summed E-state index contributed by atoms with van der Waals surface area (Å²) in [6.07, 6.45) is 0. The molecule has 0 heterocycles. The number of halogens is 1. The monoisotopic (exact) mass is 367 g/mol. The van der Waals surface area contributed by atoms with Gasteiger partial charge in [-0.3, -0.25) is 4.79 Å². The molecule has 0 N–H and O–H groups in total. The van der Waals surface area contributed by atoms with Gasteiger partial charge in [-0.25, -0.2) is 0 Å². The van der Waals surface area contributed by atoms with Gasteiger partial charge in [-0.15, -0.1) is 0 Å².